The minimum atomic E-state index is -0.126. The Labute approximate surface area is 98.5 Å². The molecule has 2 rings (SSSR count). The van der Waals surface area contributed by atoms with Crippen LogP contribution in [0.15, 0.2) is 18.2 Å². The third kappa shape index (κ3) is 2.30. The Balaban J connectivity index is 2.07. The van der Waals surface area contributed by atoms with Crippen molar-refractivity contribution in [1.29, 1.82) is 0 Å². The molecule has 0 amide bonds. The second kappa shape index (κ2) is 4.32. The van der Waals surface area contributed by atoms with Gasteiger partial charge in [-0.3, -0.25) is 0 Å². The summed E-state index contributed by atoms with van der Waals surface area (Å²) in [4.78, 5) is 0. The van der Waals surface area contributed by atoms with Crippen molar-refractivity contribution in [3.63, 3.8) is 0 Å². The highest BCUT2D eigenvalue weighted by atomic mass is 16.3. The van der Waals surface area contributed by atoms with Gasteiger partial charge in [-0.1, -0.05) is 6.07 Å². The number of phenolic OH excluding ortho intramolecular Hbond substituents is 2. The Bertz CT molecular complexity index is 536. The summed E-state index contributed by atoms with van der Waals surface area (Å²) in [6.07, 6.45) is 0. The van der Waals surface area contributed by atoms with Crippen LogP contribution < -0.4 is 5.32 Å². The Hall–Kier alpha value is -2.24. The van der Waals surface area contributed by atoms with Crippen molar-refractivity contribution in [1.82, 2.24) is 14.8 Å². The van der Waals surface area contributed by atoms with Crippen molar-refractivity contribution in [2.24, 2.45) is 7.05 Å². The first-order chi connectivity index (χ1) is 8.08. The maximum atomic E-state index is 9.35. The molecule has 6 heteroatoms. The second-order valence-corrected chi connectivity index (χ2v) is 3.81. The quantitative estimate of drug-likeness (QED) is 0.694. The number of nitrogens with zero attached hydrogens (tertiary/aromatic N) is 3. The van der Waals surface area contributed by atoms with E-state index >= 15 is 0 Å². The minimum Gasteiger partial charge on any atom is -0.504 e. The van der Waals surface area contributed by atoms with E-state index in [4.69, 9.17) is 0 Å². The fourth-order valence-electron chi connectivity index (χ4n) is 1.42. The van der Waals surface area contributed by atoms with E-state index in [1.165, 1.54) is 12.1 Å². The summed E-state index contributed by atoms with van der Waals surface area (Å²) in [5.41, 5.74) is 0.848. The Morgan fingerprint density at radius 3 is 2.59 bits per heavy atom. The number of anilines is 1. The van der Waals surface area contributed by atoms with Gasteiger partial charge < -0.3 is 20.1 Å². The molecule has 0 saturated heterocycles. The van der Waals surface area contributed by atoms with Gasteiger partial charge in [0.25, 0.3) is 0 Å². The summed E-state index contributed by atoms with van der Waals surface area (Å²) in [5.74, 6) is 1.23. The maximum Gasteiger partial charge on any atom is 0.224 e. The molecule has 0 aliphatic heterocycles. The van der Waals surface area contributed by atoms with Crippen LogP contribution in [0.3, 0.4) is 0 Å². The molecule has 1 heterocycles. The molecule has 1 aromatic heterocycles. The Kier molecular flexibility index (Phi) is 2.86. The highest BCUT2D eigenvalue weighted by Crippen LogP contribution is 2.25. The van der Waals surface area contributed by atoms with Crippen LogP contribution in [0.2, 0.25) is 0 Å². The molecule has 2 aromatic rings. The number of aromatic hydroxyl groups is 2. The van der Waals surface area contributed by atoms with Crippen molar-refractivity contribution in [2.45, 2.75) is 13.5 Å². The molecular weight excluding hydrogens is 220 g/mol. The van der Waals surface area contributed by atoms with Gasteiger partial charge in [0.1, 0.15) is 5.82 Å². The first-order valence-corrected chi connectivity index (χ1v) is 5.18. The summed E-state index contributed by atoms with van der Waals surface area (Å²) in [5, 5.41) is 29.5. The lowest BCUT2D eigenvalue weighted by Crippen LogP contribution is -2.05. The summed E-state index contributed by atoms with van der Waals surface area (Å²) < 4.78 is 1.83. The van der Waals surface area contributed by atoms with Crippen LogP contribution in [0.25, 0.3) is 0 Å². The molecule has 0 fully saturated rings. The van der Waals surface area contributed by atoms with Gasteiger partial charge in [0, 0.05) is 13.6 Å². The lowest BCUT2D eigenvalue weighted by molar-refractivity contribution is 0.403. The minimum absolute atomic E-state index is 0.122. The molecule has 0 aliphatic rings. The Morgan fingerprint density at radius 2 is 2.00 bits per heavy atom. The van der Waals surface area contributed by atoms with Crippen LogP contribution in [0.1, 0.15) is 11.4 Å². The lowest BCUT2D eigenvalue weighted by Gasteiger charge is -2.06. The van der Waals surface area contributed by atoms with Gasteiger partial charge in [-0.2, -0.15) is 0 Å². The van der Waals surface area contributed by atoms with Gasteiger partial charge in [-0.25, -0.2) is 0 Å². The normalized spacial score (nSPS) is 10.5. The average Bonchev–Trinajstić information content (AvgIpc) is 2.62. The number of aromatic nitrogens is 3. The topological polar surface area (TPSA) is 83.2 Å². The third-order valence-corrected chi connectivity index (χ3v) is 2.58. The number of phenols is 2. The van der Waals surface area contributed by atoms with E-state index in [0.29, 0.717) is 12.5 Å². The highest BCUT2D eigenvalue weighted by molar-refractivity contribution is 5.41. The van der Waals surface area contributed by atoms with Crippen molar-refractivity contribution in [3.8, 4) is 11.5 Å². The first kappa shape index (κ1) is 11.3. The fourth-order valence-corrected chi connectivity index (χ4v) is 1.42. The second-order valence-electron chi connectivity index (χ2n) is 3.81. The van der Waals surface area contributed by atoms with E-state index in [0.717, 1.165) is 11.4 Å². The summed E-state index contributed by atoms with van der Waals surface area (Å²) >= 11 is 0. The third-order valence-electron chi connectivity index (χ3n) is 2.58. The predicted molar refractivity (Wildman–Crippen MR) is 62.8 cm³/mol. The zero-order valence-electron chi connectivity index (χ0n) is 9.68. The number of nitrogens with one attached hydrogen (secondary N) is 1. The van der Waals surface area contributed by atoms with Crippen molar-refractivity contribution in [2.75, 3.05) is 5.32 Å². The fraction of sp³-hybridized carbons (Fsp3) is 0.273. The van der Waals surface area contributed by atoms with Crippen molar-refractivity contribution in [3.05, 3.63) is 29.6 Å². The number of benzene rings is 1. The molecule has 0 aliphatic carbocycles. The van der Waals surface area contributed by atoms with E-state index in [1.807, 2.05) is 18.5 Å². The molecule has 0 spiro atoms. The average molecular weight is 234 g/mol. The van der Waals surface area contributed by atoms with Crippen LogP contribution in [0, 0.1) is 6.92 Å². The highest BCUT2D eigenvalue weighted by Gasteiger charge is 2.05. The zero-order valence-corrected chi connectivity index (χ0v) is 9.68. The molecule has 90 valence electrons. The molecule has 0 unspecified atom stereocenters. The van der Waals surface area contributed by atoms with Crippen LogP contribution in [-0.4, -0.2) is 25.0 Å². The van der Waals surface area contributed by atoms with E-state index in [1.54, 1.807) is 6.07 Å². The summed E-state index contributed by atoms with van der Waals surface area (Å²) in [6, 6.07) is 4.69. The molecule has 0 atom stereocenters. The van der Waals surface area contributed by atoms with E-state index < -0.39 is 0 Å². The molecule has 0 radical (unpaired) electrons. The number of aryl methyl sites for hydroxylation is 1. The molecule has 17 heavy (non-hydrogen) atoms. The molecule has 3 N–H and O–H groups in total. The predicted octanol–water partition coefficient (Wildman–Crippen LogP) is 1.15. The van der Waals surface area contributed by atoms with Crippen LogP contribution in [0.4, 0.5) is 5.95 Å². The van der Waals surface area contributed by atoms with Crippen molar-refractivity contribution < 1.29 is 10.2 Å². The van der Waals surface area contributed by atoms with E-state index in [2.05, 4.69) is 15.5 Å². The monoisotopic (exact) mass is 234 g/mol. The van der Waals surface area contributed by atoms with Crippen LogP contribution >= 0.6 is 0 Å². The van der Waals surface area contributed by atoms with E-state index in [-0.39, 0.29) is 11.5 Å². The summed E-state index contributed by atoms with van der Waals surface area (Å²) in [7, 11) is 1.87. The van der Waals surface area contributed by atoms with E-state index in [9.17, 15) is 10.2 Å². The van der Waals surface area contributed by atoms with Gasteiger partial charge in [-0.15, -0.1) is 10.2 Å². The van der Waals surface area contributed by atoms with Gasteiger partial charge in [0.2, 0.25) is 5.95 Å². The maximum absolute atomic E-state index is 9.35. The van der Waals surface area contributed by atoms with Gasteiger partial charge in [-0.05, 0) is 24.6 Å². The smallest absolute Gasteiger partial charge is 0.224 e. The molecule has 0 saturated carbocycles. The zero-order chi connectivity index (χ0) is 12.4. The SMILES string of the molecule is Cc1nnc(NCc2ccc(O)c(O)c2)n1C. The molecular formula is C11H14N4O2. The molecule has 0 bridgehead atoms. The first-order valence-electron chi connectivity index (χ1n) is 5.18. The van der Waals surface area contributed by atoms with Crippen molar-refractivity contribution >= 4 is 5.95 Å². The number of hydrogen-bond donors (Lipinski definition) is 3. The standard InChI is InChI=1S/C11H14N4O2/c1-7-13-14-11(15(7)2)12-6-8-3-4-9(16)10(17)5-8/h3-5,16-17H,6H2,1-2H3,(H,12,14). The van der Waals surface area contributed by atoms with Crippen LogP contribution in [0.5, 0.6) is 11.5 Å². The Morgan fingerprint density at radius 1 is 1.24 bits per heavy atom. The van der Waals surface area contributed by atoms with Gasteiger partial charge in [0.05, 0.1) is 0 Å². The van der Waals surface area contributed by atoms with Gasteiger partial charge >= 0.3 is 0 Å². The lowest BCUT2D eigenvalue weighted by atomic mass is 10.2. The number of hydrogen-bond acceptors (Lipinski definition) is 5. The molecule has 1 aromatic carbocycles. The summed E-state index contributed by atoms with van der Waals surface area (Å²) in [6.45, 7) is 2.37. The number of rotatable bonds is 3. The largest absolute Gasteiger partial charge is 0.504 e. The molecule has 6 nitrogen and oxygen atoms in total. The van der Waals surface area contributed by atoms with Gasteiger partial charge in [0.15, 0.2) is 11.5 Å². The van der Waals surface area contributed by atoms with Crippen LogP contribution in [-0.2, 0) is 13.6 Å².